The molecule has 0 radical (unpaired) electrons. The molecule has 2 fully saturated rings. The number of anilines is 2. The molecule has 188 valence electrons. The molecule has 36 heavy (non-hydrogen) atoms. The van der Waals surface area contributed by atoms with Crippen molar-refractivity contribution >= 4 is 23.5 Å². The summed E-state index contributed by atoms with van der Waals surface area (Å²) in [7, 11) is 1.36. The van der Waals surface area contributed by atoms with Crippen LogP contribution >= 0.6 is 0 Å². The number of aryl methyl sites for hydroxylation is 1. The van der Waals surface area contributed by atoms with Gasteiger partial charge in [0, 0.05) is 31.0 Å². The fourth-order valence-electron chi connectivity index (χ4n) is 4.65. The fourth-order valence-corrected chi connectivity index (χ4v) is 4.65. The van der Waals surface area contributed by atoms with Gasteiger partial charge in [0.2, 0.25) is 11.9 Å². The summed E-state index contributed by atoms with van der Waals surface area (Å²) in [4.78, 5) is 35.5. The van der Waals surface area contributed by atoms with Gasteiger partial charge in [-0.3, -0.25) is 9.48 Å². The second-order valence-corrected chi connectivity index (χ2v) is 9.71. The van der Waals surface area contributed by atoms with Crippen LogP contribution in [-0.4, -0.2) is 69.9 Å². The quantitative estimate of drug-likeness (QED) is 0.524. The summed E-state index contributed by atoms with van der Waals surface area (Å²) < 4.78 is 12.0. The van der Waals surface area contributed by atoms with Crippen molar-refractivity contribution < 1.29 is 19.1 Å². The highest BCUT2D eigenvalue weighted by atomic mass is 16.5. The molecule has 1 amide bonds. The lowest BCUT2D eigenvalue weighted by Gasteiger charge is -2.42. The molecule has 0 bridgehead atoms. The molecule has 0 unspecified atom stereocenters. The molecule has 0 aliphatic carbocycles. The first-order valence-corrected chi connectivity index (χ1v) is 12.1. The zero-order valence-electron chi connectivity index (χ0n) is 20.7. The predicted molar refractivity (Wildman–Crippen MR) is 133 cm³/mol. The number of hydrogen-bond donors (Lipinski definition) is 1. The Balaban J connectivity index is 1.23. The van der Waals surface area contributed by atoms with E-state index in [2.05, 4.69) is 15.4 Å². The van der Waals surface area contributed by atoms with Gasteiger partial charge in [0.1, 0.15) is 0 Å². The van der Waals surface area contributed by atoms with Gasteiger partial charge < -0.3 is 19.7 Å². The molecule has 4 heterocycles. The van der Waals surface area contributed by atoms with E-state index in [1.54, 1.807) is 24.5 Å². The number of methoxy groups -OCH3 is 1. The third-order valence-electron chi connectivity index (χ3n) is 6.89. The van der Waals surface area contributed by atoms with Crippen molar-refractivity contribution in [3.05, 3.63) is 54.0 Å². The molecule has 3 aromatic rings. The Bertz CT molecular complexity index is 1260. The highest BCUT2D eigenvalue weighted by molar-refractivity contribution is 5.90. The SMILES string of the molecule is COC(=O)c1ccc(-c2nc(Nc3cnn(C4CCN(C(=O)C5(C)COC5)CC4)c3)ncc2C)cc1. The van der Waals surface area contributed by atoms with Gasteiger partial charge in [-0.15, -0.1) is 0 Å². The molecule has 10 heteroatoms. The maximum Gasteiger partial charge on any atom is 0.337 e. The number of nitrogens with one attached hydrogen (secondary N) is 1. The number of likely N-dealkylation sites (tertiary alicyclic amines) is 1. The van der Waals surface area contributed by atoms with Crippen molar-refractivity contribution in [1.29, 1.82) is 0 Å². The monoisotopic (exact) mass is 490 g/mol. The number of aromatic nitrogens is 4. The smallest absolute Gasteiger partial charge is 0.337 e. The van der Waals surface area contributed by atoms with Crippen LogP contribution < -0.4 is 5.32 Å². The molecular weight excluding hydrogens is 460 g/mol. The number of hydrogen-bond acceptors (Lipinski definition) is 8. The van der Waals surface area contributed by atoms with Crippen LogP contribution in [0.2, 0.25) is 0 Å². The van der Waals surface area contributed by atoms with E-state index in [0.717, 1.165) is 48.4 Å². The second kappa shape index (κ2) is 9.69. The van der Waals surface area contributed by atoms with Crippen LogP contribution in [0.3, 0.4) is 0 Å². The molecule has 0 saturated carbocycles. The molecule has 0 atom stereocenters. The van der Waals surface area contributed by atoms with Crippen LogP contribution in [0.15, 0.2) is 42.9 Å². The maximum atomic E-state index is 12.7. The van der Waals surface area contributed by atoms with Crippen molar-refractivity contribution in [1.82, 2.24) is 24.6 Å². The zero-order valence-corrected chi connectivity index (χ0v) is 20.7. The number of benzene rings is 1. The lowest BCUT2D eigenvalue weighted by Crippen LogP contribution is -2.55. The molecule has 0 spiro atoms. The van der Waals surface area contributed by atoms with E-state index in [9.17, 15) is 9.59 Å². The van der Waals surface area contributed by atoms with Gasteiger partial charge in [0.25, 0.3) is 0 Å². The van der Waals surface area contributed by atoms with E-state index in [0.29, 0.717) is 24.7 Å². The number of carbonyl (C=O) groups excluding carboxylic acids is 2. The van der Waals surface area contributed by atoms with E-state index < -0.39 is 0 Å². The summed E-state index contributed by atoms with van der Waals surface area (Å²) in [6.45, 7) is 6.40. The second-order valence-electron chi connectivity index (χ2n) is 9.71. The van der Waals surface area contributed by atoms with E-state index in [1.165, 1.54) is 7.11 Å². The average Bonchev–Trinajstić information content (AvgIpc) is 3.36. The van der Waals surface area contributed by atoms with Gasteiger partial charge >= 0.3 is 5.97 Å². The summed E-state index contributed by atoms with van der Waals surface area (Å²) >= 11 is 0. The Morgan fingerprint density at radius 1 is 1.14 bits per heavy atom. The van der Waals surface area contributed by atoms with Gasteiger partial charge in [-0.1, -0.05) is 12.1 Å². The number of carbonyl (C=O) groups is 2. The lowest BCUT2D eigenvalue weighted by atomic mass is 9.86. The standard InChI is InChI=1S/C26H30N6O4/c1-17-12-27-25(30-22(17)18-4-6-19(7-5-18)23(33)35-3)29-20-13-28-32(14-20)21-8-10-31(11-9-21)24(34)26(2)15-36-16-26/h4-7,12-14,21H,8-11,15-16H2,1-3H3,(H,27,29,30). The van der Waals surface area contributed by atoms with Gasteiger partial charge in [-0.2, -0.15) is 5.10 Å². The summed E-state index contributed by atoms with van der Waals surface area (Å²) in [5.41, 5.74) is 3.50. The maximum absolute atomic E-state index is 12.7. The normalized spacial score (nSPS) is 17.4. The molecule has 1 aromatic carbocycles. The Morgan fingerprint density at radius 3 is 2.50 bits per heavy atom. The number of nitrogens with zero attached hydrogens (tertiary/aromatic N) is 5. The third-order valence-corrected chi connectivity index (χ3v) is 6.89. The number of rotatable bonds is 6. The molecule has 10 nitrogen and oxygen atoms in total. The molecule has 2 aromatic heterocycles. The van der Waals surface area contributed by atoms with Crippen LogP contribution in [0.25, 0.3) is 11.3 Å². The summed E-state index contributed by atoms with van der Waals surface area (Å²) in [5.74, 6) is 0.283. The molecule has 2 aliphatic rings. The van der Waals surface area contributed by atoms with Crippen LogP contribution in [0, 0.1) is 12.3 Å². The van der Waals surface area contributed by atoms with Gasteiger partial charge in [0.15, 0.2) is 0 Å². The van der Waals surface area contributed by atoms with Crippen molar-refractivity contribution in [3.63, 3.8) is 0 Å². The molecule has 5 rings (SSSR count). The van der Waals surface area contributed by atoms with Crippen LogP contribution in [-0.2, 0) is 14.3 Å². The van der Waals surface area contributed by atoms with E-state index in [1.807, 2.05) is 41.8 Å². The van der Waals surface area contributed by atoms with Crippen LogP contribution in [0.4, 0.5) is 11.6 Å². The first-order valence-electron chi connectivity index (χ1n) is 12.1. The first kappa shape index (κ1) is 23.9. The molecule has 2 saturated heterocycles. The van der Waals surface area contributed by atoms with Crippen molar-refractivity contribution in [2.75, 3.05) is 38.7 Å². The van der Waals surface area contributed by atoms with Gasteiger partial charge in [-0.25, -0.2) is 14.8 Å². The van der Waals surface area contributed by atoms with Gasteiger partial charge in [-0.05, 0) is 44.4 Å². The van der Waals surface area contributed by atoms with Crippen molar-refractivity contribution in [3.8, 4) is 11.3 Å². The number of piperidine rings is 1. The lowest BCUT2D eigenvalue weighted by molar-refractivity contribution is -0.170. The number of amides is 1. The van der Waals surface area contributed by atoms with Gasteiger partial charge in [0.05, 0.1) is 54.9 Å². The molecule has 2 aliphatic heterocycles. The first-order chi connectivity index (χ1) is 17.4. The fraction of sp³-hybridized carbons (Fsp3) is 0.423. The average molecular weight is 491 g/mol. The number of esters is 1. The Morgan fingerprint density at radius 2 is 1.86 bits per heavy atom. The van der Waals surface area contributed by atoms with Crippen LogP contribution in [0.1, 0.15) is 41.7 Å². The minimum Gasteiger partial charge on any atom is -0.465 e. The Kier molecular flexibility index (Phi) is 6.44. The highest BCUT2D eigenvalue weighted by Crippen LogP contribution is 2.32. The van der Waals surface area contributed by atoms with E-state index in [4.69, 9.17) is 14.5 Å². The molecular formula is C26H30N6O4. The topological polar surface area (TPSA) is 111 Å². The van der Waals surface area contributed by atoms with Crippen molar-refractivity contribution in [2.45, 2.75) is 32.7 Å². The van der Waals surface area contributed by atoms with E-state index in [-0.39, 0.29) is 23.3 Å². The highest BCUT2D eigenvalue weighted by Gasteiger charge is 2.44. The minimum atomic E-state index is -0.375. The summed E-state index contributed by atoms with van der Waals surface area (Å²) in [6, 6.07) is 7.37. The minimum absolute atomic E-state index is 0.197. The Labute approximate surface area is 209 Å². The zero-order chi connectivity index (χ0) is 25.3. The van der Waals surface area contributed by atoms with Crippen LogP contribution in [0.5, 0.6) is 0 Å². The van der Waals surface area contributed by atoms with Crippen molar-refractivity contribution in [2.24, 2.45) is 5.41 Å². The number of ether oxygens (including phenoxy) is 2. The molecule has 1 N–H and O–H groups in total. The third kappa shape index (κ3) is 4.68. The van der Waals surface area contributed by atoms with E-state index >= 15 is 0 Å². The largest absolute Gasteiger partial charge is 0.465 e. The summed E-state index contributed by atoms with van der Waals surface area (Å²) in [5, 5.41) is 7.79. The Hall–Kier alpha value is -3.79. The summed E-state index contributed by atoms with van der Waals surface area (Å²) in [6.07, 6.45) is 7.20. The predicted octanol–water partition coefficient (Wildman–Crippen LogP) is 3.38.